The molecular formula is C15H17N3O4. The van der Waals surface area contributed by atoms with Crippen LogP contribution in [0.15, 0.2) is 42.6 Å². The number of amides is 2. The van der Waals surface area contributed by atoms with Crippen LogP contribution in [0.1, 0.15) is 10.5 Å². The van der Waals surface area contributed by atoms with Crippen molar-refractivity contribution in [2.75, 3.05) is 13.7 Å². The molecular weight excluding hydrogens is 286 g/mol. The Balaban J connectivity index is 1.81. The Labute approximate surface area is 127 Å². The van der Waals surface area contributed by atoms with Crippen LogP contribution in [0, 0.1) is 0 Å². The van der Waals surface area contributed by atoms with Crippen LogP contribution in [0.25, 0.3) is 0 Å². The zero-order chi connectivity index (χ0) is 15.9. The number of methoxy groups -OCH3 is 1. The highest BCUT2D eigenvalue weighted by molar-refractivity contribution is 5.94. The normalized spacial score (nSPS) is 9.91. The number of benzene rings is 1. The Bertz CT molecular complexity index is 666. The SMILES string of the molecule is COc1ccccc1OCC(=O)NNC(=O)c1cccn1C. The molecule has 22 heavy (non-hydrogen) atoms. The van der Waals surface area contributed by atoms with E-state index in [9.17, 15) is 9.59 Å². The maximum atomic E-state index is 11.8. The summed E-state index contributed by atoms with van der Waals surface area (Å²) in [6, 6.07) is 10.4. The van der Waals surface area contributed by atoms with Gasteiger partial charge in [0.05, 0.1) is 7.11 Å². The number of nitrogens with zero attached hydrogens (tertiary/aromatic N) is 1. The van der Waals surface area contributed by atoms with Gasteiger partial charge in [0.25, 0.3) is 11.8 Å². The molecule has 1 aromatic carbocycles. The van der Waals surface area contributed by atoms with Gasteiger partial charge >= 0.3 is 0 Å². The number of carbonyl (C=O) groups excluding carboxylic acids is 2. The first-order valence-electron chi connectivity index (χ1n) is 6.58. The van der Waals surface area contributed by atoms with Crippen LogP contribution < -0.4 is 20.3 Å². The molecule has 7 heteroatoms. The smallest absolute Gasteiger partial charge is 0.286 e. The number of hydrazine groups is 1. The number of aromatic nitrogens is 1. The second kappa shape index (κ2) is 7.16. The highest BCUT2D eigenvalue weighted by Gasteiger charge is 2.11. The molecule has 0 fully saturated rings. The third kappa shape index (κ3) is 3.78. The minimum absolute atomic E-state index is 0.242. The molecule has 0 unspecified atom stereocenters. The summed E-state index contributed by atoms with van der Waals surface area (Å²) >= 11 is 0. The average molecular weight is 303 g/mol. The predicted octanol–water partition coefficient (Wildman–Crippen LogP) is 0.874. The summed E-state index contributed by atoms with van der Waals surface area (Å²) in [5, 5.41) is 0. The van der Waals surface area contributed by atoms with Gasteiger partial charge in [0, 0.05) is 13.2 Å². The molecule has 1 heterocycles. The fourth-order valence-corrected chi connectivity index (χ4v) is 1.80. The Hall–Kier alpha value is -2.96. The van der Waals surface area contributed by atoms with Gasteiger partial charge in [-0.3, -0.25) is 20.4 Å². The van der Waals surface area contributed by atoms with E-state index in [-0.39, 0.29) is 6.61 Å². The molecule has 116 valence electrons. The molecule has 0 aliphatic rings. The van der Waals surface area contributed by atoms with E-state index in [0.717, 1.165) is 0 Å². The fraction of sp³-hybridized carbons (Fsp3) is 0.200. The van der Waals surface area contributed by atoms with Crippen LogP contribution in [0.4, 0.5) is 0 Å². The number of carbonyl (C=O) groups is 2. The molecule has 0 saturated heterocycles. The zero-order valence-corrected chi connectivity index (χ0v) is 12.3. The highest BCUT2D eigenvalue weighted by Crippen LogP contribution is 2.25. The minimum atomic E-state index is -0.478. The summed E-state index contributed by atoms with van der Waals surface area (Å²) in [5.41, 5.74) is 5.04. The van der Waals surface area contributed by atoms with Crippen LogP contribution in [0.3, 0.4) is 0 Å². The molecule has 0 bridgehead atoms. The first kappa shape index (κ1) is 15.4. The Kier molecular flexibility index (Phi) is 5.02. The molecule has 0 spiro atoms. The first-order valence-corrected chi connectivity index (χ1v) is 6.58. The predicted molar refractivity (Wildman–Crippen MR) is 79.5 cm³/mol. The molecule has 2 rings (SSSR count). The van der Waals surface area contributed by atoms with Gasteiger partial charge in [-0.2, -0.15) is 0 Å². The number of hydrogen-bond donors (Lipinski definition) is 2. The van der Waals surface area contributed by atoms with Crippen LogP contribution in [0.5, 0.6) is 11.5 Å². The Morgan fingerprint density at radius 3 is 2.45 bits per heavy atom. The molecule has 0 aliphatic heterocycles. The van der Waals surface area contributed by atoms with Crippen LogP contribution in [-0.2, 0) is 11.8 Å². The maximum absolute atomic E-state index is 11.8. The standard InChI is InChI=1S/C15H17N3O4/c1-18-9-5-6-11(18)15(20)17-16-14(19)10-22-13-8-4-3-7-12(13)21-2/h3-9H,10H2,1-2H3,(H,16,19)(H,17,20). The zero-order valence-electron chi connectivity index (χ0n) is 12.3. The molecule has 2 aromatic rings. The van der Waals surface area contributed by atoms with Gasteiger partial charge in [-0.05, 0) is 24.3 Å². The first-order chi connectivity index (χ1) is 10.6. The van der Waals surface area contributed by atoms with E-state index in [4.69, 9.17) is 9.47 Å². The van der Waals surface area contributed by atoms with Crippen molar-refractivity contribution in [1.29, 1.82) is 0 Å². The number of ether oxygens (including phenoxy) is 2. The second-order valence-electron chi connectivity index (χ2n) is 4.45. The number of hydrogen-bond acceptors (Lipinski definition) is 4. The summed E-state index contributed by atoms with van der Waals surface area (Å²) < 4.78 is 12.1. The van der Waals surface area contributed by atoms with Crippen LogP contribution in [0.2, 0.25) is 0 Å². The van der Waals surface area contributed by atoms with Crippen LogP contribution in [-0.4, -0.2) is 30.1 Å². The van der Waals surface area contributed by atoms with E-state index in [1.807, 2.05) is 0 Å². The lowest BCUT2D eigenvalue weighted by atomic mass is 10.3. The molecule has 0 aliphatic carbocycles. The van der Waals surface area contributed by atoms with E-state index < -0.39 is 11.8 Å². The van der Waals surface area contributed by atoms with Crippen LogP contribution >= 0.6 is 0 Å². The largest absolute Gasteiger partial charge is 0.493 e. The van der Waals surface area contributed by atoms with E-state index >= 15 is 0 Å². The lowest BCUT2D eigenvalue weighted by Gasteiger charge is -2.11. The lowest BCUT2D eigenvalue weighted by molar-refractivity contribution is -0.123. The molecule has 2 N–H and O–H groups in total. The second-order valence-corrected chi connectivity index (χ2v) is 4.45. The molecule has 0 radical (unpaired) electrons. The molecule has 7 nitrogen and oxygen atoms in total. The van der Waals surface area contributed by atoms with Crippen molar-refractivity contribution in [3.05, 3.63) is 48.3 Å². The Morgan fingerprint density at radius 1 is 1.09 bits per heavy atom. The van der Waals surface area contributed by atoms with Gasteiger partial charge in [-0.25, -0.2) is 0 Å². The average Bonchev–Trinajstić information content (AvgIpc) is 2.97. The van der Waals surface area contributed by atoms with Crippen molar-refractivity contribution in [2.24, 2.45) is 7.05 Å². The summed E-state index contributed by atoms with van der Waals surface area (Å²) in [4.78, 5) is 23.5. The van der Waals surface area contributed by atoms with Crippen molar-refractivity contribution in [3.63, 3.8) is 0 Å². The lowest BCUT2D eigenvalue weighted by Crippen LogP contribution is -2.44. The van der Waals surface area contributed by atoms with E-state index in [1.54, 1.807) is 54.2 Å². The highest BCUT2D eigenvalue weighted by atomic mass is 16.5. The third-order valence-electron chi connectivity index (χ3n) is 2.92. The van der Waals surface area contributed by atoms with Crippen molar-refractivity contribution < 1.29 is 19.1 Å². The topological polar surface area (TPSA) is 81.6 Å². The van der Waals surface area contributed by atoms with Crippen molar-refractivity contribution in [2.45, 2.75) is 0 Å². The molecule has 1 aromatic heterocycles. The van der Waals surface area contributed by atoms with Crippen molar-refractivity contribution in [3.8, 4) is 11.5 Å². The molecule has 0 saturated carbocycles. The Morgan fingerprint density at radius 2 is 1.82 bits per heavy atom. The monoisotopic (exact) mass is 303 g/mol. The summed E-state index contributed by atoms with van der Waals surface area (Å²) in [5.74, 6) is 0.101. The summed E-state index contributed by atoms with van der Waals surface area (Å²) in [6.45, 7) is -0.242. The van der Waals surface area contributed by atoms with E-state index in [1.165, 1.54) is 7.11 Å². The van der Waals surface area contributed by atoms with Gasteiger partial charge in [-0.1, -0.05) is 12.1 Å². The third-order valence-corrected chi connectivity index (χ3v) is 2.92. The molecule has 0 atom stereocenters. The van der Waals surface area contributed by atoms with Gasteiger partial charge < -0.3 is 14.0 Å². The number of aryl methyl sites for hydroxylation is 1. The van der Waals surface area contributed by atoms with Crippen molar-refractivity contribution in [1.82, 2.24) is 15.4 Å². The quantitative estimate of drug-likeness (QED) is 0.803. The summed E-state index contributed by atoms with van der Waals surface area (Å²) in [6.07, 6.45) is 1.74. The van der Waals surface area contributed by atoms with Gasteiger partial charge in [-0.15, -0.1) is 0 Å². The summed E-state index contributed by atoms with van der Waals surface area (Å²) in [7, 11) is 3.25. The van der Waals surface area contributed by atoms with E-state index in [0.29, 0.717) is 17.2 Å². The maximum Gasteiger partial charge on any atom is 0.286 e. The van der Waals surface area contributed by atoms with E-state index in [2.05, 4.69) is 10.9 Å². The fourth-order valence-electron chi connectivity index (χ4n) is 1.80. The molecule has 2 amide bonds. The van der Waals surface area contributed by atoms with Crippen molar-refractivity contribution >= 4 is 11.8 Å². The van der Waals surface area contributed by atoms with Gasteiger partial charge in [0.1, 0.15) is 5.69 Å². The van der Waals surface area contributed by atoms with Gasteiger partial charge in [0.15, 0.2) is 18.1 Å². The number of rotatable bonds is 5. The minimum Gasteiger partial charge on any atom is -0.493 e. The number of para-hydroxylation sites is 2. The number of nitrogens with one attached hydrogen (secondary N) is 2. The van der Waals surface area contributed by atoms with Gasteiger partial charge in [0.2, 0.25) is 0 Å².